The molecular weight excluding hydrogens is 290 g/mol. The lowest BCUT2D eigenvalue weighted by molar-refractivity contribution is -0.00475. The standard InChI is InChI=1S/C15H19NO4S/c1-2-20-14-10-13(11-14)16-21(18,19)15-8-4-3-6-12(15)7-5-9-17/h3-4,6,8,13-14,16-17H,2,9-11H2,1H3. The molecule has 0 bridgehead atoms. The molecule has 114 valence electrons. The molecule has 1 saturated carbocycles. The van der Waals surface area contributed by atoms with Gasteiger partial charge >= 0.3 is 0 Å². The molecule has 1 aliphatic carbocycles. The van der Waals surface area contributed by atoms with Crippen molar-refractivity contribution in [2.75, 3.05) is 13.2 Å². The van der Waals surface area contributed by atoms with Crippen molar-refractivity contribution >= 4 is 10.0 Å². The topological polar surface area (TPSA) is 75.6 Å². The molecule has 6 heteroatoms. The molecule has 0 aromatic heterocycles. The SMILES string of the molecule is CCOC1CC(NS(=O)(=O)c2ccccc2C#CCO)C1. The van der Waals surface area contributed by atoms with Gasteiger partial charge in [-0.05, 0) is 31.9 Å². The minimum absolute atomic E-state index is 0.0922. The van der Waals surface area contributed by atoms with Crippen molar-refractivity contribution in [2.24, 2.45) is 0 Å². The predicted molar refractivity (Wildman–Crippen MR) is 79.2 cm³/mol. The fourth-order valence-electron chi connectivity index (χ4n) is 2.26. The summed E-state index contributed by atoms with van der Waals surface area (Å²) in [6.45, 7) is 2.26. The van der Waals surface area contributed by atoms with E-state index < -0.39 is 10.0 Å². The first-order valence-electron chi connectivity index (χ1n) is 6.89. The molecule has 0 saturated heterocycles. The van der Waals surface area contributed by atoms with Crippen molar-refractivity contribution < 1.29 is 18.3 Å². The van der Waals surface area contributed by atoms with Crippen LogP contribution in [0.5, 0.6) is 0 Å². The lowest BCUT2D eigenvalue weighted by Gasteiger charge is -2.35. The molecule has 1 aliphatic rings. The van der Waals surface area contributed by atoms with Gasteiger partial charge in [-0.15, -0.1) is 0 Å². The number of hydrogen-bond donors (Lipinski definition) is 2. The zero-order valence-electron chi connectivity index (χ0n) is 11.9. The van der Waals surface area contributed by atoms with Crippen LogP contribution >= 0.6 is 0 Å². The van der Waals surface area contributed by atoms with E-state index in [-0.39, 0.29) is 23.6 Å². The number of benzene rings is 1. The monoisotopic (exact) mass is 309 g/mol. The van der Waals surface area contributed by atoms with E-state index in [1.54, 1.807) is 18.2 Å². The van der Waals surface area contributed by atoms with E-state index in [1.807, 2.05) is 6.92 Å². The number of sulfonamides is 1. The molecule has 0 amide bonds. The summed E-state index contributed by atoms with van der Waals surface area (Å²) in [4.78, 5) is 0.144. The molecule has 0 spiro atoms. The molecule has 1 aromatic carbocycles. The highest BCUT2D eigenvalue weighted by molar-refractivity contribution is 7.89. The van der Waals surface area contributed by atoms with Gasteiger partial charge in [-0.25, -0.2) is 13.1 Å². The number of hydrogen-bond acceptors (Lipinski definition) is 4. The average molecular weight is 309 g/mol. The molecule has 0 radical (unpaired) electrons. The van der Waals surface area contributed by atoms with Gasteiger partial charge in [0.1, 0.15) is 6.61 Å². The summed E-state index contributed by atoms with van der Waals surface area (Å²) >= 11 is 0. The maximum atomic E-state index is 12.4. The van der Waals surface area contributed by atoms with Crippen molar-refractivity contribution in [3.05, 3.63) is 29.8 Å². The Morgan fingerprint density at radius 3 is 2.76 bits per heavy atom. The Kier molecular flexibility index (Phi) is 5.37. The second kappa shape index (κ2) is 7.05. The second-order valence-corrected chi connectivity index (χ2v) is 6.51. The first-order chi connectivity index (χ1) is 10.1. The van der Waals surface area contributed by atoms with Crippen molar-refractivity contribution in [3.8, 4) is 11.8 Å². The van der Waals surface area contributed by atoms with Crippen molar-refractivity contribution in [1.82, 2.24) is 4.72 Å². The Bertz CT molecular complexity index is 639. The Morgan fingerprint density at radius 2 is 2.10 bits per heavy atom. The highest BCUT2D eigenvalue weighted by Gasteiger charge is 2.33. The molecule has 0 unspecified atom stereocenters. The summed E-state index contributed by atoms with van der Waals surface area (Å²) in [5.41, 5.74) is 0.389. The summed E-state index contributed by atoms with van der Waals surface area (Å²) in [7, 11) is -3.61. The van der Waals surface area contributed by atoms with E-state index in [1.165, 1.54) is 6.07 Å². The molecule has 0 atom stereocenters. The lowest BCUT2D eigenvalue weighted by atomic mass is 9.90. The maximum absolute atomic E-state index is 12.4. The van der Waals surface area contributed by atoms with Crippen molar-refractivity contribution in [3.63, 3.8) is 0 Å². The minimum atomic E-state index is -3.61. The summed E-state index contributed by atoms with van der Waals surface area (Å²) < 4.78 is 32.9. The normalized spacial score (nSPS) is 21.2. The highest BCUT2D eigenvalue weighted by Crippen LogP contribution is 2.25. The zero-order chi connectivity index (χ0) is 15.3. The Balaban J connectivity index is 2.10. The second-order valence-electron chi connectivity index (χ2n) is 4.82. The first kappa shape index (κ1) is 16.0. The van der Waals surface area contributed by atoms with Crippen LogP contribution in [0, 0.1) is 11.8 Å². The molecule has 2 rings (SSSR count). The number of nitrogens with one attached hydrogen (secondary N) is 1. The number of aliphatic hydroxyl groups is 1. The summed E-state index contributed by atoms with van der Waals surface area (Å²) in [5, 5.41) is 8.74. The molecular formula is C15H19NO4S. The average Bonchev–Trinajstić information content (AvgIpc) is 2.43. The van der Waals surface area contributed by atoms with Gasteiger partial charge in [-0.2, -0.15) is 0 Å². The zero-order valence-corrected chi connectivity index (χ0v) is 12.7. The highest BCUT2D eigenvalue weighted by atomic mass is 32.2. The number of aliphatic hydroxyl groups excluding tert-OH is 1. The summed E-state index contributed by atoms with van der Waals surface area (Å²) in [5.74, 6) is 5.14. The van der Waals surface area contributed by atoms with E-state index in [0.29, 0.717) is 25.0 Å². The Labute approximate surface area is 125 Å². The minimum Gasteiger partial charge on any atom is -0.384 e. The smallest absolute Gasteiger partial charge is 0.242 e. The van der Waals surface area contributed by atoms with Crippen molar-refractivity contribution in [1.29, 1.82) is 0 Å². The Morgan fingerprint density at radius 1 is 1.38 bits per heavy atom. The van der Waals surface area contributed by atoms with Gasteiger partial charge in [0.2, 0.25) is 10.0 Å². The fraction of sp³-hybridized carbons (Fsp3) is 0.467. The molecule has 21 heavy (non-hydrogen) atoms. The van der Waals surface area contributed by atoms with Crippen LogP contribution in [-0.4, -0.2) is 38.9 Å². The van der Waals surface area contributed by atoms with Crippen LogP contribution in [0.2, 0.25) is 0 Å². The lowest BCUT2D eigenvalue weighted by Crippen LogP contribution is -2.47. The van der Waals surface area contributed by atoms with Crippen LogP contribution in [0.25, 0.3) is 0 Å². The molecule has 5 nitrogen and oxygen atoms in total. The van der Waals surface area contributed by atoms with Crippen LogP contribution in [0.4, 0.5) is 0 Å². The third kappa shape index (κ3) is 4.05. The quantitative estimate of drug-likeness (QED) is 0.792. The molecule has 0 heterocycles. The van der Waals surface area contributed by atoms with E-state index in [0.717, 1.165) is 0 Å². The van der Waals surface area contributed by atoms with E-state index in [2.05, 4.69) is 16.6 Å². The van der Waals surface area contributed by atoms with E-state index >= 15 is 0 Å². The van der Waals surface area contributed by atoms with Gasteiger partial charge in [-0.3, -0.25) is 0 Å². The number of ether oxygens (including phenoxy) is 1. The largest absolute Gasteiger partial charge is 0.384 e. The van der Waals surface area contributed by atoms with Gasteiger partial charge in [0.15, 0.2) is 0 Å². The summed E-state index contributed by atoms with van der Waals surface area (Å²) in [6.07, 6.45) is 1.53. The van der Waals surface area contributed by atoms with Crippen LogP contribution in [-0.2, 0) is 14.8 Å². The molecule has 2 N–H and O–H groups in total. The van der Waals surface area contributed by atoms with Gasteiger partial charge < -0.3 is 9.84 Å². The van der Waals surface area contributed by atoms with Crippen LogP contribution in [0.1, 0.15) is 25.3 Å². The van der Waals surface area contributed by atoms with Gasteiger partial charge in [0.05, 0.1) is 11.0 Å². The third-order valence-electron chi connectivity index (χ3n) is 3.30. The van der Waals surface area contributed by atoms with E-state index in [9.17, 15) is 8.42 Å². The van der Waals surface area contributed by atoms with E-state index in [4.69, 9.17) is 9.84 Å². The maximum Gasteiger partial charge on any atom is 0.242 e. The Hall–Kier alpha value is -1.39. The predicted octanol–water partition coefficient (Wildman–Crippen LogP) is 0.876. The van der Waals surface area contributed by atoms with Crippen LogP contribution in [0.15, 0.2) is 29.2 Å². The van der Waals surface area contributed by atoms with Crippen LogP contribution in [0.3, 0.4) is 0 Å². The third-order valence-corrected chi connectivity index (χ3v) is 4.88. The summed E-state index contributed by atoms with van der Waals surface area (Å²) in [6, 6.07) is 6.42. The molecule has 1 fully saturated rings. The van der Waals surface area contributed by atoms with Crippen LogP contribution < -0.4 is 4.72 Å². The fourth-order valence-corrected chi connectivity index (χ4v) is 3.68. The van der Waals surface area contributed by atoms with Crippen molar-refractivity contribution in [2.45, 2.75) is 36.8 Å². The van der Waals surface area contributed by atoms with Gasteiger partial charge in [0.25, 0.3) is 0 Å². The molecule has 0 aliphatic heterocycles. The van der Waals surface area contributed by atoms with Gasteiger partial charge in [-0.1, -0.05) is 24.0 Å². The molecule has 1 aromatic rings. The number of rotatable bonds is 5. The van der Waals surface area contributed by atoms with Gasteiger partial charge in [0, 0.05) is 18.2 Å². The first-order valence-corrected chi connectivity index (χ1v) is 8.38.